The Kier molecular flexibility index (Phi) is 6.92. The van der Waals surface area contributed by atoms with Crippen molar-refractivity contribution in [3.05, 3.63) is 14.7 Å². The van der Waals surface area contributed by atoms with E-state index in [1.807, 2.05) is 19.0 Å². The third-order valence-electron chi connectivity index (χ3n) is 2.35. The molecule has 0 atom stereocenters. The quantitative estimate of drug-likeness (QED) is 0.707. The van der Waals surface area contributed by atoms with Gasteiger partial charge in [-0.05, 0) is 43.0 Å². The van der Waals surface area contributed by atoms with Crippen molar-refractivity contribution in [2.24, 2.45) is 0 Å². The number of sulfonamides is 1. The van der Waals surface area contributed by atoms with Crippen LogP contribution in [0.3, 0.4) is 0 Å². The number of rotatable bonds is 8. The van der Waals surface area contributed by atoms with E-state index >= 15 is 0 Å². The topological polar surface area (TPSA) is 58.6 Å². The first-order valence-corrected chi connectivity index (χ1v) is 8.90. The van der Waals surface area contributed by atoms with Gasteiger partial charge in [0.1, 0.15) is 0 Å². The standard InChI is InChI=1S/C11H19BrN2O3S2/c1-9-10(8-11(12)18-9)19(15,16)13-4-6-17-7-5-14(2)3/h8,13H,4-7H2,1-3H3. The van der Waals surface area contributed by atoms with Crippen LogP contribution in [0.5, 0.6) is 0 Å². The zero-order valence-electron chi connectivity index (χ0n) is 11.3. The van der Waals surface area contributed by atoms with Crippen molar-refractivity contribution in [1.29, 1.82) is 0 Å². The molecule has 0 radical (unpaired) electrons. The molecule has 1 rings (SSSR count). The van der Waals surface area contributed by atoms with Crippen LogP contribution in [-0.2, 0) is 14.8 Å². The van der Waals surface area contributed by atoms with Gasteiger partial charge >= 0.3 is 0 Å². The largest absolute Gasteiger partial charge is 0.379 e. The maximum Gasteiger partial charge on any atom is 0.241 e. The van der Waals surface area contributed by atoms with Crippen LogP contribution in [-0.4, -0.2) is 53.7 Å². The molecule has 110 valence electrons. The Morgan fingerprint density at radius 3 is 2.63 bits per heavy atom. The van der Waals surface area contributed by atoms with Crippen molar-refractivity contribution in [3.8, 4) is 0 Å². The average Bonchev–Trinajstić information content (AvgIpc) is 2.63. The first-order valence-electron chi connectivity index (χ1n) is 5.81. The van der Waals surface area contributed by atoms with Gasteiger partial charge < -0.3 is 9.64 Å². The number of nitrogens with one attached hydrogen (secondary N) is 1. The van der Waals surface area contributed by atoms with Crippen molar-refractivity contribution in [2.45, 2.75) is 11.8 Å². The summed E-state index contributed by atoms with van der Waals surface area (Å²) in [6.07, 6.45) is 0. The third-order valence-corrected chi connectivity index (χ3v) is 5.62. The average molecular weight is 371 g/mol. The van der Waals surface area contributed by atoms with Gasteiger partial charge in [-0.3, -0.25) is 0 Å². The summed E-state index contributed by atoms with van der Waals surface area (Å²) in [5, 5.41) is 0. The highest BCUT2D eigenvalue weighted by molar-refractivity contribution is 9.11. The summed E-state index contributed by atoms with van der Waals surface area (Å²) in [7, 11) is 0.490. The van der Waals surface area contributed by atoms with Crippen LogP contribution in [0.15, 0.2) is 14.7 Å². The zero-order chi connectivity index (χ0) is 14.5. The SMILES string of the molecule is Cc1sc(Br)cc1S(=O)(=O)NCCOCCN(C)C. The highest BCUT2D eigenvalue weighted by atomic mass is 79.9. The van der Waals surface area contributed by atoms with Crippen LogP contribution in [0.25, 0.3) is 0 Å². The summed E-state index contributed by atoms with van der Waals surface area (Å²) in [6.45, 7) is 3.86. The van der Waals surface area contributed by atoms with Gasteiger partial charge in [0.15, 0.2) is 0 Å². The Morgan fingerprint density at radius 2 is 2.11 bits per heavy atom. The summed E-state index contributed by atoms with van der Waals surface area (Å²) in [5.41, 5.74) is 0. The fourth-order valence-electron chi connectivity index (χ4n) is 1.37. The van der Waals surface area contributed by atoms with Crippen molar-refractivity contribution >= 4 is 37.3 Å². The van der Waals surface area contributed by atoms with Gasteiger partial charge in [0, 0.05) is 18.0 Å². The molecule has 0 unspecified atom stereocenters. The van der Waals surface area contributed by atoms with Crippen LogP contribution in [0.1, 0.15) is 4.88 Å². The van der Waals surface area contributed by atoms with Gasteiger partial charge in [-0.15, -0.1) is 11.3 Å². The molecule has 1 aromatic heterocycles. The van der Waals surface area contributed by atoms with E-state index in [1.165, 1.54) is 11.3 Å². The predicted molar refractivity (Wildman–Crippen MR) is 81.3 cm³/mol. The fourth-order valence-corrected chi connectivity index (χ4v) is 4.80. The van der Waals surface area contributed by atoms with E-state index in [0.29, 0.717) is 18.1 Å². The summed E-state index contributed by atoms with van der Waals surface area (Å²) in [4.78, 5) is 3.11. The Balaban J connectivity index is 2.38. The Hall–Kier alpha value is 0.01000. The Bertz CT molecular complexity index is 500. The van der Waals surface area contributed by atoms with E-state index in [-0.39, 0.29) is 6.54 Å². The van der Waals surface area contributed by atoms with Crippen molar-refractivity contribution in [3.63, 3.8) is 0 Å². The molecule has 19 heavy (non-hydrogen) atoms. The summed E-state index contributed by atoms with van der Waals surface area (Å²) < 4.78 is 32.7. The molecule has 0 bridgehead atoms. The van der Waals surface area contributed by atoms with Crippen LogP contribution in [0.2, 0.25) is 0 Å². The highest BCUT2D eigenvalue weighted by Crippen LogP contribution is 2.29. The number of hydrogen-bond donors (Lipinski definition) is 1. The minimum Gasteiger partial charge on any atom is -0.379 e. The van der Waals surface area contributed by atoms with Crippen molar-refractivity contribution in [1.82, 2.24) is 9.62 Å². The normalized spacial score (nSPS) is 12.3. The number of aryl methyl sites for hydroxylation is 1. The molecule has 8 heteroatoms. The number of nitrogens with zero attached hydrogens (tertiary/aromatic N) is 1. The molecule has 0 saturated heterocycles. The maximum atomic E-state index is 12.0. The predicted octanol–water partition coefficient (Wildman–Crippen LogP) is 1.68. The second-order valence-corrected chi connectivity index (χ2v) is 8.66. The van der Waals surface area contributed by atoms with Crippen molar-refractivity contribution < 1.29 is 13.2 Å². The van der Waals surface area contributed by atoms with Gasteiger partial charge in [0.2, 0.25) is 10.0 Å². The molecule has 0 spiro atoms. The monoisotopic (exact) mass is 370 g/mol. The number of thiophene rings is 1. The lowest BCUT2D eigenvalue weighted by molar-refractivity contribution is 0.122. The first kappa shape index (κ1) is 17.1. The molecule has 0 amide bonds. The lowest BCUT2D eigenvalue weighted by Crippen LogP contribution is -2.28. The van der Waals surface area contributed by atoms with E-state index < -0.39 is 10.0 Å². The molecule has 1 aromatic rings. The molecule has 1 heterocycles. The van der Waals surface area contributed by atoms with E-state index in [9.17, 15) is 8.42 Å². The molecule has 0 saturated carbocycles. The molecule has 0 aromatic carbocycles. The van der Waals surface area contributed by atoms with E-state index in [2.05, 4.69) is 20.7 Å². The lowest BCUT2D eigenvalue weighted by atomic mass is 10.5. The van der Waals surface area contributed by atoms with Gasteiger partial charge in [0.25, 0.3) is 0 Å². The number of hydrogen-bond acceptors (Lipinski definition) is 5. The molecular weight excluding hydrogens is 352 g/mol. The van der Waals surface area contributed by atoms with Crippen LogP contribution in [0.4, 0.5) is 0 Å². The van der Waals surface area contributed by atoms with Crippen LogP contribution in [0, 0.1) is 6.92 Å². The van der Waals surface area contributed by atoms with E-state index in [0.717, 1.165) is 15.2 Å². The van der Waals surface area contributed by atoms with Crippen molar-refractivity contribution in [2.75, 3.05) is 40.4 Å². The maximum absolute atomic E-state index is 12.0. The summed E-state index contributed by atoms with van der Waals surface area (Å²) in [5.74, 6) is 0. The molecule has 1 N–H and O–H groups in total. The minimum absolute atomic E-state index is 0.280. The van der Waals surface area contributed by atoms with Gasteiger partial charge in [0.05, 0.1) is 21.9 Å². The Morgan fingerprint density at radius 1 is 1.42 bits per heavy atom. The molecule has 0 aliphatic rings. The zero-order valence-corrected chi connectivity index (χ0v) is 14.5. The van der Waals surface area contributed by atoms with Crippen LogP contribution >= 0.6 is 27.3 Å². The molecular formula is C11H19BrN2O3S2. The second kappa shape index (κ2) is 7.70. The number of likely N-dealkylation sites (N-methyl/N-ethyl adjacent to an activating group) is 1. The van der Waals surface area contributed by atoms with E-state index in [4.69, 9.17) is 4.74 Å². The molecule has 0 fully saturated rings. The Labute approximate surface area is 127 Å². The molecule has 0 aliphatic heterocycles. The molecule has 0 aliphatic carbocycles. The lowest BCUT2D eigenvalue weighted by Gasteiger charge is -2.10. The van der Waals surface area contributed by atoms with Gasteiger partial charge in [-0.25, -0.2) is 13.1 Å². The summed E-state index contributed by atoms with van der Waals surface area (Å²) >= 11 is 4.70. The molecule has 5 nitrogen and oxygen atoms in total. The number of ether oxygens (including phenoxy) is 1. The third kappa shape index (κ3) is 5.88. The fraction of sp³-hybridized carbons (Fsp3) is 0.636. The smallest absolute Gasteiger partial charge is 0.241 e. The van der Waals surface area contributed by atoms with E-state index in [1.54, 1.807) is 13.0 Å². The second-order valence-electron chi connectivity index (χ2n) is 4.28. The highest BCUT2D eigenvalue weighted by Gasteiger charge is 2.18. The van der Waals surface area contributed by atoms with Gasteiger partial charge in [-0.1, -0.05) is 0 Å². The van der Waals surface area contributed by atoms with Gasteiger partial charge in [-0.2, -0.15) is 0 Å². The number of halogens is 1. The summed E-state index contributed by atoms with van der Waals surface area (Å²) in [6, 6.07) is 1.62. The van der Waals surface area contributed by atoms with Crippen LogP contribution < -0.4 is 4.72 Å². The first-order chi connectivity index (χ1) is 8.83. The minimum atomic E-state index is -3.43.